The Labute approximate surface area is 264 Å². The second-order valence-electron chi connectivity index (χ2n) is 10.4. The zero-order valence-corrected chi connectivity index (χ0v) is 33.0. The van der Waals surface area contributed by atoms with Crippen molar-refractivity contribution in [1.29, 1.82) is 0 Å². The number of hydrogen-bond donors (Lipinski definition) is 0. The summed E-state index contributed by atoms with van der Waals surface area (Å²) in [6, 6.07) is 0. The summed E-state index contributed by atoms with van der Waals surface area (Å²) in [6.07, 6.45) is 7.69. The van der Waals surface area contributed by atoms with Crippen molar-refractivity contribution >= 4 is 118 Å². The number of hydrogen-bond acceptors (Lipinski definition) is 0. The monoisotopic (exact) mass is 722 g/mol. The van der Waals surface area contributed by atoms with Gasteiger partial charge < -0.3 is 0 Å². The van der Waals surface area contributed by atoms with Crippen LogP contribution in [0.2, 0.25) is 22.2 Å². The van der Waals surface area contributed by atoms with Crippen molar-refractivity contribution in [3.63, 3.8) is 0 Å². The van der Waals surface area contributed by atoms with E-state index < -0.39 is 29.7 Å². The molecule has 1 rings (SSSR count). The van der Waals surface area contributed by atoms with Crippen LogP contribution in [0.15, 0.2) is 0 Å². The Morgan fingerprint density at radius 1 is 0.417 bits per heavy atom. The molecule has 0 heterocycles. The predicted octanol–water partition coefficient (Wildman–Crippen LogP) is 10.1. The Morgan fingerprint density at radius 2 is 0.611 bits per heavy atom. The van der Waals surface area contributed by atoms with Crippen molar-refractivity contribution in [2.75, 3.05) is 0 Å². The topological polar surface area (TPSA) is 0 Å². The molecule has 12 heteroatoms. The summed E-state index contributed by atoms with van der Waals surface area (Å²) in [4.78, 5) is 0. The Kier molecular flexibility index (Phi) is 18.3. The van der Waals surface area contributed by atoms with Gasteiger partial charge in [0.05, 0.1) is 0 Å². The Hall–Kier alpha value is 2.41. The van der Waals surface area contributed by atoms with E-state index in [1.807, 2.05) is 0 Å². The highest BCUT2D eigenvalue weighted by atomic mass is 35.7. The molecule has 0 aliphatic carbocycles. The first-order valence-corrected chi connectivity index (χ1v) is 29.7. The summed E-state index contributed by atoms with van der Waals surface area (Å²) in [6.45, 7) is 13.2. The maximum absolute atomic E-state index is 6.55. The summed E-state index contributed by atoms with van der Waals surface area (Å²) >= 11 is 52.3. The fourth-order valence-corrected chi connectivity index (χ4v) is 8.62. The lowest BCUT2D eigenvalue weighted by atomic mass is 9.78. The van der Waals surface area contributed by atoms with Gasteiger partial charge in [-0.15, -0.1) is 0 Å². The average Bonchev–Trinajstić information content (AvgIpc) is 2.79. The standard InChI is InChI=1S/C24H42Cl8Si4/c1-7-9-19-20(10-8-2)22(12-16(4)34(27)28)24(14-18(6)36(31)32)23(13-17(5)35(29)30)21(19)11-15(3)33(25)26/h15-18,33-36H,7-14H2,1-6H3. The van der Waals surface area contributed by atoms with Gasteiger partial charge in [-0.1, -0.05) is 54.4 Å². The Morgan fingerprint density at radius 3 is 0.778 bits per heavy atom. The van der Waals surface area contributed by atoms with Crippen LogP contribution in [0.3, 0.4) is 0 Å². The van der Waals surface area contributed by atoms with Crippen LogP contribution < -0.4 is 0 Å². The summed E-state index contributed by atoms with van der Waals surface area (Å²) in [7, 11) is -7.48. The minimum Gasteiger partial charge on any atom is -0.150 e. The molecule has 0 saturated carbocycles. The van der Waals surface area contributed by atoms with E-state index in [0.29, 0.717) is 0 Å². The minimum atomic E-state index is -1.88. The van der Waals surface area contributed by atoms with Crippen molar-refractivity contribution in [1.82, 2.24) is 0 Å². The van der Waals surface area contributed by atoms with Gasteiger partial charge in [0.1, 0.15) is 0 Å². The normalized spacial score (nSPS) is 15.8. The van der Waals surface area contributed by atoms with E-state index in [1.165, 1.54) is 33.4 Å². The summed E-state index contributed by atoms with van der Waals surface area (Å²) < 4.78 is 0. The Bertz CT molecular complexity index is 742. The highest BCUT2D eigenvalue weighted by Gasteiger charge is 2.30. The molecule has 0 radical (unpaired) electrons. The van der Waals surface area contributed by atoms with E-state index in [0.717, 1.165) is 51.4 Å². The maximum Gasteiger partial charge on any atom is 0.240 e. The van der Waals surface area contributed by atoms with Crippen LogP contribution in [0.1, 0.15) is 87.8 Å². The molecule has 1 aromatic rings. The van der Waals surface area contributed by atoms with E-state index in [9.17, 15) is 0 Å². The molecule has 0 nitrogen and oxygen atoms in total. The van der Waals surface area contributed by atoms with Crippen molar-refractivity contribution < 1.29 is 0 Å². The molecule has 0 N–H and O–H groups in total. The molecule has 1 aromatic carbocycles. The predicted molar refractivity (Wildman–Crippen MR) is 182 cm³/mol. The molecule has 0 amide bonds. The third-order valence-corrected chi connectivity index (χ3v) is 21.7. The summed E-state index contributed by atoms with van der Waals surface area (Å²) in [5, 5.41) is 0. The van der Waals surface area contributed by atoms with Gasteiger partial charge in [0.2, 0.25) is 29.7 Å². The molecule has 0 fully saturated rings. The van der Waals surface area contributed by atoms with Crippen LogP contribution in [0.5, 0.6) is 0 Å². The van der Waals surface area contributed by atoms with Gasteiger partial charge in [-0.25, -0.2) is 0 Å². The average molecular weight is 727 g/mol. The SMILES string of the molecule is CCCc1c(CCC)c(CC(C)[SiH](Cl)Cl)c(CC(C)[SiH](Cl)Cl)c(CC(C)[SiH](Cl)Cl)c1CC(C)[SiH](Cl)Cl. The van der Waals surface area contributed by atoms with Gasteiger partial charge in [-0.3, -0.25) is 0 Å². The van der Waals surface area contributed by atoms with Gasteiger partial charge in [-0.05, 0) is 94.1 Å². The van der Waals surface area contributed by atoms with Gasteiger partial charge in [0.25, 0.3) is 0 Å². The number of halogens is 8. The van der Waals surface area contributed by atoms with Crippen molar-refractivity contribution in [2.24, 2.45) is 0 Å². The highest BCUT2D eigenvalue weighted by Crippen LogP contribution is 2.41. The lowest BCUT2D eigenvalue weighted by Gasteiger charge is -2.32. The number of rotatable bonds is 16. The van der Waals surface area contributed by atoms with Gasteiger partial charge >= 0.3 is 0 Å². The molecule has 0 aliphatic heterocycles. The fourth-order valence-electron chi connectivity index (χ4n) is 4.83. The lowest BCUT2D eigenvalue weighted by molar-refractivity contribution is 0.748. The highest BCUT2D eigenvalue weighted by molar-refractivity contribution is 7.35. The van der Waals surface area contributed by atoms with E-state index in [-0.39, 0.29) is 22.2 Å². The first-order valence-electron chi connectivity index (χ1n) is 13.1. The van der Waals surface area contributed by atoms with Gasteiger partial charge in [0, 0.05) is 0 Å². The number of benzene rings is 1. The van der Waals surface area contributed by atoms with Crippen LogP contribution in [-0.2, 0) is 38.5 Å². The lowest BCUT2D eigenvalue weighted by Crippen LogP contribution is -2.22. The zero-order valence-electron chi connectivity index (χ0n) is 22.3. The van der Waals surface area contributed by atoms with Crippen LogP contribution in [0.25, 0.3) is 0 Å². The van der Waals surface area contributed by atoms with Gasteiger partial charge in [0.15, 0.2) is 0 Å². The van der Waals surface area contributed by atoms with E-state index in [2.05, 4.69) is 41.5 Å². The first kappa shape index (κ1) is 36.4. The third-order valence-electron chi connectivity index (χ3n) is 7.01. The van der Waals surface area contributed by atoms with Crippen molar-refractivity contribution in [2.45, 2.75) is 115 Å². The second kappa shape index (κ2) is 18.1. The summed E-state index contributed by atoms with van der Waals surface area (Å²) in [5.41, 5.74) is 9.56. The Balaban J connectivity index is 4.14. The molecule has 0 aromatic heterocycles. The molecular formula is C24H42Cl8Si4. The quantitative estimate of drug-likeness (QED) is 0.118. The van der Waals surface area contributed by atoms with Crippen LogP contribution >= 0.6 is 88.6 Å². The fraction of sp³-hybridized carbons (Fsp3) is 0.750. The molecule has 0 aliphatic rings. The minimum absolute atomic E-state index is 0.233. The van der Waals surface area contributed by atoms with Crippen LogP contribution in [0.4, 0.5) is 0 Å². The molecule has 0 spiro atoms. The van der Waals surface area contributed by atoms with E-state index >= 15 is 0 Å². The zero-order chi connectivity index (χ0) is 27.7. The first-order chi connectivity index (χ1) is 16.8. The largest absolute Gasteiger partial charge is 0.240 e. The molecule has 0 saturated heterocycles. The molecular weight excluding hydrogens is 684 g/mol. The third kappa shape index (κ3) is 11.0. The van der Waals surface area contributed by atoms with Crippen molar-refractivity contribution in [3.05, 3.63) is 33.4 Å². The molecule has 210 valence electrons. The van der Waals surface area contributed by atoms with Crippen LogP contribution in [-0.4, -0.2) is 29.7 Å². The van der Waals surface area contributed by atoms with E-state index in [4.69, 9.17) is 88.6 Å². The maximum atomic E-state index is 6.55. The van der Waals surface area contributed by atoms with Crippen LogP contribution in [0, 0.1) is 0 Å². The summed E-state index contributed by atoms with van der Waals surface area (Å²) in [5.74, 6) is 0. The van der Waals surface area contributed by atoms with Gasteiger partial charge in [-0.2, -0.15) is 88.6 Å². The second-order valence-corrected chi connectivity index (χ2v) is 31.6. The van der Waals surface area contributed by atoms with Crippen molar-refractivity contribution in [3.8, 4) is 0 Å². The molecule has 4 unspecified atom stereocenters. The smallest absolute Gasteiger partial charge is 0.150 e. The van der Waals surface area contributed by atoms with E-state index in [1.54, 1.807) is 0 Å². The molecule has 4 atom stereocenters. The molecule has 36 heavy (non-hydrogen) atoms. The molecule has 0 bridgehead atoms.